The van der Waals surface area contributed by atoms with Crippen molar-refractivity contribution >= 4 is 0 Å². The van der Waals surface area contributed by atoms with Gasteiger partial charge in [-0.25, -0.2) is 0 Å². The molecule has 0 aliphatic heterocycles. The van der Waals surface area contributed by atoms with Crippen LogP contribution in [-0.4, -0.2) is 6.04 Å². The molecule has 0 aromatic carbocycles. The third-order valence-corrected chi connectivity index (χ3v) is 1.39. The summed E-state index contributed by atoms with van der Waals surface area (Å²) in [5, 5.41) is 0. The molecular formula is C6H14N2. The first-order chi connectivity index (χ1) is 3.72. The second kappa shape index (κ2) is 3.64. The van der Waals surface area contributed by atoms with Crippen LogP contribution in [-0.2, 0) is 0 Å². The molecular weight excluding hydrogens is 100 g/mol. The Labute approximate surface area is 50.7 Å². The lowest BCUT2D eigenvalue weighted by atomic mass is 10.1. The van der Waals surface area contributed by atoms with E-state index in [1.807, 2.05) is 26.8 Å². The molecule has 3 N–H and O–H groups in total. The van der Waals surface area contributed by atoms with Gasteiger partial charge in [-0.05, 0) is 20.8 Å². The van der Waals surface area contributed by atoms with E-state index in [4.69, 9.17) is 5.84 Å². The zero-order valence-electron chi connectivity index (χ0n) is 5.73. The fourth-order valence-corrected chi connectivity index (χ4v) is 0.381. The lowest BCUT2D eigenvalue weighted by molar-refractivity contribution is 0.638. The van der Waals surface area contributed by atoms with Gasteiger partial charge in [-0.2, -0.15) is 0 Å². The van der Waals surface area contributed by atoms with E-state index in [0.717, 1.165) is 0 Å². The molecule has 1 unspecified atom stereocenters. The van der Waals surface area contributed by atoms with Crippen LogP contribution in [0.3, 0.4) is 0 Å². The fourth-order valence-electron chi connectivity index (χ4n) is 0.381. The van der Waals surface area contributed by atoms with Gasteiger partial charge >= 0.3 is 0 Å². The van der Waals surface area contributed by atoms with Gasteiger partial charge in [0.15, 0.2) is 0 Å². The van der Waals surface area contributed by atoms with Crippen LogP contribution in [0.2, 0.25) is 0 Å². The molecule has 8 heavy (non-hydrogen) atoms. The number of hydrogen-bond acceptors (Lipinski definition) is 2. The highest BCUT2D eigenvalue weighted by Crippen LogP contribution is 1.96. The van der Waals surface area contributed by atoms with Gasteiger partial charge in [0.25, 0.3) is 0 Å². The van der Waals surface area contributed by atoms with Crippen LogP contribution in [0.25, 0.3) is 0 Å². The van der Waals surface area contributed by atoms with Crippen LogP contribution in [0.5, 0.6) is 0 Å². The van der Waals surface area contributed by atoms with Gasteiger partial charge in [0, 0.05) is 6.04 Å². The molecule has 0 rings (SSSR count). The zero-order valence-corrected chi connectivity index (χ0v) is 5.73. The van der Waals surface area contributed by atoms with Gasteiger partial charge in [0.2, 0.25) is 0 Å². The number of allylic oxidation sites excluding steroid dienone is 1. The molecule has 0 bridgehead atoms. The second-order valence-electron chi connectivity index (χ2n) is 1.92. The van der Waals surface area contributed by atoms with E-state index in [2.05, 4.69) is 5.43 Å². The van der Waals surface area contributed by atoms with E-state index in [1.54, 1.807) is 0 Å². The Bertz CT molecular complexity index is 86.5. The number of rotatable bonds is 2. The molecule has 0 saturated heterocycles. The van der Waals surface area contributed by atoms with Crippen LogP contribution in [0.1, 0.15) is 20.8 Å². The van der Waals surface area contributed by atoms with Crippen LogP contribution in [0, 0.1) is 0 Å². The van der Waals surface area contributed by atoms with Crippen molar-refractivity contribution in [3.05, 3.63) is 11.6 Å². The summed E-state index contributed by atoms with van der Waals surface area (Å²) < 4.78 is 0. The molecule has 1 atom stereocenters. The molecule has 0 saturated carbocycles. The average molecular weight is 114 g/mol. The minimum absolute atomic E-state index is 0.306. The smallest absolute Gasteiger partial charge is 0.0388 e. The molecule has 0 aromatic rings. The quantitative estimate of drug-likeness (QED) is 0.316. The molecule has 0 heterocycles. The third kappa shape index (κ3) is 2.09. The largest absolute Gasteiger partial charge is 0.271 e. The Morgan fingerprint density at radius 2 is 2.25 bits per heavy atom. The first-order valence-electron chi connectivity index (χ1n) is 2.81. The molecule has 2 nitrogen and oxygen atoms in total. The summed E-state index contributed by atoms with van der Waals surface area (Å²) in [6, 6.07) is 0.306. The molecule has 0 amide bonds. The molecule has 0 fully saturated rings. The Morgan fingerprint density at radius 3 is 2.38 bits per heavy atom. The van der Waals surface area contributed by atoms with Gasteiger partial charge in [-0.15, -0.1) is 0 Å². The molecule has 0 aliphatic rings. The molecule has 0 aromatic heterocycles. The summed E-state index contributed by atoms with van der Waals surface area (Å²) in [7, 11) is 0. The van der Waals surface area contributed by atoms with Gasteiger partial charge in [-0.3, -0.25) is 11.3 Å². The summed E-state index contributed by atoms with van der Waals surface area (Å²) in [5.74, 6) is 5.16. The molecule has 2 heteroatoms. The molecule has 0 aliphatic carbocycles. The van der Waals surface area contributed by atoms with Crippen molar-refractivity contribution in [2.45, 2.75) is 26.8 Å². The van der Waals surface area contributed by atoms with Crippen molar-refractivity contribution in [1.82, 2.24) is 5.43 Å². The second-order valence-corrected chi connectivity index (χ2v) is 1.92. The van der Waals surface area contributed by atoms with Crippen LogP contribution in [0.15, 0.2) is 11.6 Å². The van der Waals surface area contributed by atoms with E-state index < -0.39 is 0 Å². The van der Waals surface area contributed by atoms with Crippen LogP contribution >= 0.6 is 0 Å². The van der Waals surface area contributed by atoms with Crippen molar-refractivity contribution in [3.63, 3.8) is 0 Å². The Kier molecular flexibility index (Phi) is 3.48. The highest BCUT2D eigenvalue weighted by Gasteiger charge is 1.96. The minimum atomic E-state index is 0.306. The maximum atomic E-state index is 5.16. The maximum Gasteiger partial charge on any atom is 0.0388 e. The summed E-state index contributed by atoms with van der Waals surface area (Å²) in [6.07, 6.45) is 2.05. The summed E-state index contributed by atoms with van der Waals surface area (Å²) in [4.78, 5) is 0. The van der Waals surface area contributed by atoms with Crippen LogP contribution in [0.4, 0.5) is 0 Å². The number of nitrogens with one attached hydrogen (secondary N) is 1. The van der Waals surface area contributed by atoms with Crippen molar-refractivity contribution in [3.8, 4) is 0 Å². The predicted octanol–water partition coefficient (Wildman–Crippen LogP) is 0.804. The lowest BCUT2D eigenvalue weighted by Gasteiger charge is -2.08. The van der Waals surface area contributed by atoms with E-state index in [9.17, 15) is 0 Å². The Balaban J connectivity index is 3.63. The number of hydrogen-bond donors (Lipinski definition) is 2. The first-order valence-corrected chi connectivity index (χ1v) is 2.81. The summed E-state index contributed by atoms with van der Waals surface area (Å²) >= 11 is 0. The fraction of sp³-hybridized carbons (Fsp3) is 0.667. The lowest BCUT2D eigenvalue weighted by Crippen LogP contribution is -2.33. The first kappa shape index (κ1) is 7.66. The minimum Gasteiger partial charge on any atom is -0.271 e. The summed E-state index contributed by atoms with van der Waals surface area (Å²) in [6.45, 7) is 6.07. The highest BCUT2D eigenvalue weighted by molar-refractivity contribution is 5.03. The van der Waals surface area contributed by atoms with Crippen molar-refractivity contribution in [2.75, 3.05) is 0 Å². The van der Waals surface area contributed by atoms with E-state index in [0.29, 0.717) is 6.04 Å². The highest BCUT2D eigenvalue weighted by atomic mass is 15.2. The Morgan fingerprint density at radius 1 is 1.75 bits per heavy atom. The SMILES string of the molecule is CC=C(C)C(C)NN. The normalized spacial score (nSPS) is 16.2. The zero-order chi connectivity index (χ0) is 6.57. The molecule has 48 valence electrons. The van der Waals surface area contributed by atoms with E-state index in [1.165, 1.54) is 5.57 Å². The van der Waals surface area contributed by atoms with Crippen molar-refractivity contribution in [1.29, 1.82) is 0 Å². The van der Waals surface area contributed by atoms with Crippen molar-refractivity contribution in [2.24, 2.45) is 5.84 Å². The average Bonchev–Trinajstić information content (AvgIpc) is 1.84. The Hall–Kier alpha value is -0.340. The predicted molar refractivity (Wildman–Crippen MR) is 36.2 cm³/mol. The number of nitrogens with two attached hydrogens (primary N) is 1. The van der Waals surface area contributed by atoms with E-state index in [-0.39, 0.29) is 0 Å². The topological polar surface area (TPSA) is 38.0 Å². The molecule has 0 spiro atoms. The van der Waals surface area contributed by atoms with Gasteiger partial charge in [0.1, 0.15) is 0 Å². The van der Waals surface area contributed by atoms with Crippen molar-refractivity contribution < 1.29 is 0 Å². The van der Waals surface area contributed by atoms with E-state index >= 15 is 0 Å². The maximum absolute atomic E-state index is 5.16. The van der Waals surface area contributed by atoms with Gasteiger partial charge in [-0.1, -0.05) is 11.6 Å². The van der Waals surface area contributed by atoms with Crippen LogP contribution < -0.4 is 11.3 Å². The monoisotopic (exact) mass is 114 g/mol. The number of hydrazine groups is 1. The van der Waals surface area contributed by atoms with Gasteiger partial charge < -0.3 is 0 Å². The summed E-state index contributed by atoms with van der Waals surface area (Å²) in [5.41, 5.74) is 3.92. The van der Waals surface area contributed by atoms with Gasteiger partial charge in [0.05, 0.1) is 0 Å². The molecule has 0 radical (unpaired) electrons. The standard InChI is InChI=1S/C6H14N2/c1-4-5(2)6(3)8-7/h4,6,8H,7H2,1-3H3. The third-order valence-electron chi connectivity index (χ3n) is 1.39.